The summed E-state index contributed by atoms with van der Waals surface area (Å²) in [7, 11) is 3.72. The second-order valence-electron chi connectivity index (χ2n) is 5.81. The van der Waals surface area contributed by atoms with Crippen LogP contribution < -0.4 is 10.1 Å². The maximum atomic E-state index is 5.26. The van der Waals surface area contributed by atoms with Crippen LogP contribution >= 0.6 is 0 Å². The summed E-state index contributed by atoms with van der Waals surface area (Å²) in [5.74, 6) is 1.30. The van der Waals surface area contributed by atoms with Crippen molar-refractivity contribution >= 4 is 6.01 Å². The molecule has 3 rings (SSSR count). The van der Waals surface area contributed by atoms with Gasteiger partial charge in [-0.15, -0.1) is 0 Å². The van der Waals surface area contributed by atoms with Gasteiger partial charge in [0.1, 0.15) is 5.75 Å². The van der Waals surface area contributed by atoms with Gasteiger partial charge in [-0.2, -0.15) is 4.98 Å². The Morgan fingerprint density at radius 2 is 1.96 bits per heavy atom. The van der Waals surface area contributed by atoms with E-state index in [1.165, 1.54) is 5.56 Å². The molecule has 2 aromatic carbocycles. The molecule has 0 saturated heterocycles. The van der Waals surface area contributed by atoms with E-state index < -0.39 is 0 Å². The molecule has 0 unspecified atom stereocenters. The second kappa shape index (κ2) is 8.30. The van der Waals surface area contributed by atoms with E-state index in [9.17, 15) is 0 Å². The topological polar surface area (TPSA) is 63.4 Å². The van der Waals surface area contributed by atoms with Crippen LogP contribution in [0.4, 0.5) is 6.01 Å². The van der Waals surface area contributed by atoms with Crippen molar-refractivity contribution in [2.45, 2.75) is 6.54 Å². The zero-order chi connectivity index (χ0) is 17.5. The van der Waals surface area contributed by atoms with Crippen LogP contribution in [0.2, 0.25) is 0 Å². The predicted molar refractivity (Wildman–Crippen MR) is 97.6 cm³/mol. The highest BCUT2D eigenvalue weighted by Crippen LogP contribution is 2.22. The number of nitrogens with one attached hydrogen (secondary N) is 1. The monoisotopic (exact) mass is 338 g/mol. The minimum Gasteiger partial charge on any atom is -0.497 e. The van der Waals surface area contributed by atoms with Crippen molar-refractivity contribution in [2.75, 3.05) is 32.6 Å². The minimum absolute atomic E-state index is 0.422. The SMILES string of the molecule is COc1cccc(-c2noc(NCCN(C)Cc3ccccc3)n2)c1. The van der Waals surface area contributed by atoms with Gasteiger partial charge >= 0.3 is 6.01 Å². The Labute approximate surface area is 147 Å². The molecule has 1 N–H and O–H groups in total. The van der Waals surface area contributed by atoms with Gasteiger partial charge in [0, 0.05) is 25.2 Å². The molecule has 0 atom stereocenters. The van der Waals surface area contributed by atoms with Crippen LogP contribution in [0.25, 0.3) is 11.4 Å². The van der Waals surface area contributed by atoms with E-state index >= 15 is 0 Å². The average Bonchev–Trinajstić information content (AvgIpc) is 3.11. The fourth-order valence-electron chi connectivity index (χ4n) is 2.50. The highest BCUT2D eigenvalue weighted by molar-refractivity contribution is 5.57. The quantitative estimate of drug-likeness (QED) is 0.680. The zero-order valence-corrected chi connectivity index (χ0v) is 14.5. The normalized spacial score (nSPS) is 10.8. The standard InChI is InChI=1S/C19H22N4O2/c1-23(14-15-7-4-3-5-8-15)12-11-20-19-21-18(22-25-19)16-9-6-10-17(13-16)24-2/h3-10,13H,11-12,14H2,1-2H3,(H,20,21,22). The number of nitrogens with zero attached hydrogens (tertiary/aromatic N) is 3. The van der Waals surface area contributed by atoms with Crippen molar-refractivity contribution in [3.63, 3.8) is 0 Å². The van der Waals surface area contributed by atoms with Crippen molar-refractivity contribution in [3.05, 3.63) is 60.2 Å². The molecule has 1 aromatic heterocycles. The lowest BCUT2D eigenvalue weighted by Crippen LogP contribution is -2.24. The first-order valence-electron chi connectivity index (χ1n) is 8.19. The fourth-order valence-corrected chi connectivity index (χ4v) is 2.50. The first kappa shape index (κ1) is 17.0. The molecule has 6 heteroatoms. The van der Waals surface area contributed by atoms with Crippen molar-refractivity contribution in [1.82, 2.24) is 15.0 Å². The molecule has 0 fully saturated rings. The average molecular weight is 338 g/mol. The summed E-state index contributed by atoms with van der Waals surface area (Å²) in [6.45, 7) is 2.50. The van der Waals surface area contributed by atoms with E-state index in [2.05, 4.69) is 51.7 Å². The van der Waals surface area contributed by atoms with Gasteiger partial charge < -0.3 is 19.5 Å². The second-order valence-corrected chi connectivity index (χ2v) is 5.81. The number of rotatable bonds is 8. The number of hydrogen-bond acceptors (Lipinski definition) is 6. The number of likely N-dealkylation sites (N-methyl/N-ethyl adjacent to an activating group) is 1. The third kappa shape index (κ3) is 4.81. The van der Waals surface area contributed by atoms with Gasteiger partial charge in [-0.1, -0.05) is 47.6 Å². The number of anilines is 1. The van der Waals surface area contributed by atoms with Crippen molar-refractivity contribution in [3.8, 4) is 17.1 Å². The molecule has 130 valence electrons. The van der Waals surface area contributed by atoms with Crippen LogP contribution in [-0.2, 0) is 6.54 Å². The molecule has 25 heavy (non-hydrogen) atoms. The first-order valence-corrected chi connectivity index (χ1v) is 8.19. The Bertz CT molecular complexity index is 789. The summed E-state index contributed by atoms with van der Waals surface area (Å²) < 4.78 is 10.5. The Morgan fingerprint density at radius 1 is 1.12 bits per heavy atom. The maximum absolute atomic E-state index is 5.26. The lowest BCUT2D eigenvalue weighted by molar-refractivity contribution is 0.337. The zero-order valence-electron chi connectivity index (χ0n) is 14.5. The molecule has 0 saturated carbocycles. The fraction of sp³-hybridized carbons (Fsp3) is 0.263. The summed E-state index contributed by atoms with van der Waals surface area (Å²) in [6.07, 6.45) is 0. The molecule has 6 nitrogen and oxygen atoms in total. The van der Waals surface area contributed by atoms with E-state index in [-0.39, 0.29) is 0 Å². The van der Waals surface area contributed by atoms with Crippen molar-refractivity contribution in [2.24, 2.45) is 0 Å². The van der Waals surface area contributed by atoms with E-state index in [0.717, 1.165) is 30.9 Å². The van der Waals surface area contributed by atoms with E-state index in [1.807, 2.05) is 30.3 Å². The van der Waals surface area contributed by atoms with Crippen LogP contribution in [-0.4, -0.2) is 42.3 Å². The highest BCUT2D eigenvalue weighted by atomic mass is 16.5. The van der Waals surface area contributed by atoms with Crippen LogP contribution in [0.5, 0.6) is 5.75 Å². The van der Waals surface area contributed by atoms with Crippen LogP contribution in [0.15, 0.2) is 59.1 Å². The summed E-state index contributed by atoms with van der Waals surface area (Å²) in [5, 5.41) is 7.18. The van der Waals surface area contributed by atoms with Gasteiger partial charge in [-0.05, 0) is 24.7 Å². The highest BCUT2D eigenvalue weighted by Gasteiger charge is 2.09. The molecule has 0 aliphatic carbocycles. The van der Waals surface area contributed by atoms with E-state index in [1.54, 1.807) is 7.11 Å². The van der Waals surface area contributed by atoms with Crippen LogP contribution in [0.3, 0.4) is 0 Å². The van der Waals surface area contributed by atoms with Crippen molar-refractivity contribution in [1.29, 1.82) is 0 Å². The van der Waals surface area contributed by atoms with Gasteiger partial charge in [0.25, 0.3) is 0 Å². The van der Waals surface area contributed by atoms with Gasteiger partial charge in [0.05, 0.1) is 7.11 Å². The van der Waals surface area contributed by atoms with Gasteiger partial charge in [-0.25, -0.2) is 0 Å². The van der Waals surface area contributed by atoms with E-state index in [4.69, 9.17) is 9.26 Å². The summed E-state index contributed by atoms with van der Waals surface area (Å²) in [4.78, 5) is 6.61. The van der Waals surface area contributed by atoms with Gasteiger partial charge in [-0.3, -0.25) is 0 Å². The molecule has 0 radical (unpaired) electrons. The molecule has 0 bridgehead atoms. The molecule has 0 amide bonds. The van der Waals surface area contributed by atoms with Crippen LogP contribution in [0, 0.1) is 0 Å². The van der Waals surface area contributed by atoms with Crippen molar-refractivity contribution < 1.29 is 9.26 Å². The number of aromatic nitrogens is 2. The Hall–Kier alpha value is -2.86. The largest absolute Gasteiger partial charge is 0.497 e. The molecular formula is C19H22N4O2. The number of benzene rings is 2. The van der Waals surface area contributed by atoms with Crippen LogP contribution in [0.1, 0.15) is 5.56 Å². The Kier molecular flexibility index (Phi) is 5.64. The Morgan fingerprint density at radius 3 is 2.76 bits per heavy atom. The molecule has 3 aromatic rings. The molecule has 0 aliphatic rings. The summed E-state index contributed by atoms with van der Waals surface area (Å²) in [5.41, 5.74) is 2.15. The predicted octanol–water partition coefficient (Wildman–Crippen LogP) is 3.29. The lowest BCUT2D eigenvalue weighted by atomic mass is 10.2. The lowest BCUT2D eigenvalue weighted by Gasteiger charge is -2.16. The maximum Gasteiger partial charge on any atom is 0.321 e. The smallest absolute Gasteiger partial charge is 0.321 e. The number of methoxy groups -OCH3 is 1. The molecule has 0 aliphatic heterocycles. The van der Waals surface area contributed by atoms with Gasteiger partial charge in [0.15, 0.2) is 0 Å². The molecule has 0 spiro atoms. The third-order valence-corrected chi connectivity index (χ3v) is 3.82. The minimum atomic E-state index is 0.422. The summed E-state index contributed by atoms with van der Waals surface area (Å²) in [6, 6.07) is 18.4. The molecular weight excluding hydrogens is 316 g/mol. The third-order valence-electron chi connectivity index (χ3n) is 3.82. The van der Waals surface area contributed by atoms with Gasteiger partial charge in [0.2, 0.25) is 5.82 Å². The molecule has 1 heterocycles. The summed E-state index contributed by atoms with van der Waals surface area (Å²) >= 11 is 0. The Balaban J connectivity index is 1.50. The van der Waals surface area contributed by atoms with E-state index in [0.29, 0.717) is 11.8 Å². The number of hydrogen-bond donors (Lipinski definition) is 1. The number of ether oxygens (including phenoxy) is 1. The first-order chi connectivity index (χ1) is 12.2.